The normalized spacial score (nSPS) is 26.9. The number of hydrogen-bond donors (Lipinski definition) is 1. The maximum atomic E-state index is 4.08. The Hall–Kier alpha value is -0.0600. The second-order valence-corrected chi connectivity index (χ2v) is 5.71. The topological polar surface area (TPSA) is 24.9 Å². The van der Waals surface area contributed by atoms with Gasteiger partial charge in [0.2, 0.25) is 0 Å². The fourth-order valence-corrected chi connectivity index (χ4v) is 3.51. The molecule has 1 aromatic heterocycles. The van der Waals surface area contributed by atoms with Gasteiger partial charge < -0.3 is 5.32 Å². The number of nitrogens with one attached hydrogen (secondary N) is 1. The van der Waals surface area contributed by atoms with Crippen LogP contribution in [0.1, 0.15) is 24.1 Å². The molecular formula is C10H16N2S2. The molecule has 2 atom stereocenters. The van der Waals surface area contributed by atoms with Crippen molar-refractivity contribution in [2.45, 2.75) is 37.1 Å². The molecule has 2 nitrogen and oxygen atoms in total. The molecule has 1 saturated carbocycles. The van der Waals surface area contributed by atoms with Crippen molar-refractivity contribution in [2.24, 2.45) is 0 Å². The van der Waals surface area contributed by atoms with Gasteiger partial charge in [-0.05, 0) is 19.1 Å². The summed E-state index contributed by atoms with van der Waals surface area (Å²) < 4.78 is 0. The molecule has 1 aliphatic carbocycles. The maximum Gasteiger partial charge on any atom is 0.0794 e. The molecule has 1 N–H and O–H groups in total. The van der Waals surface area contributed by atoms with Crippen LogP contribution in [0.15, 0.2) is 11.7 Å². The molecule has 78 valence electrons. The van der Waals surface area contributed by atoms with Crippen LogP contribution in [-0.2, 0) is 6.54 Å². The van der Waals surface area contributed by atoms with E-state index in [1.54, 1.807) is 11.3 Å². The van der Waals surface area contributed by atoms with Crippen molar-refractivity contribution < 1.29 is 0 Å². The molecule has 0 saturated heterocycles. The lowest BCUT2D eigenvalue weighted by Crippen LogP contribution is -2.33. The summed E-state index contributed by atoms with van der Waals surface area (Å²) in [5.74, 6) is 0. The van der Waals surface area contributed by atoms with E-state index in [0.29, 0.717) is 6.04 Å². The molecule has 0 radical (unpaired) electrons. The Labute approximate surface area is 93.5 Å². The summed E-state index contributed by atoms with van der Waals surface area (Å²) in [6, 6.07) is 0.715. The fourth-order valence-electron chi connectivity index (χ4n) is 2.00. The first kappa shape index (κ1) is 10.5. The van der Waals surface area contributed by atoms with Crippen molar-refractivity contribution in [3.05, 3.63) is 16.6 Å². The van der Waals surface area contributed by atoms with Gasteiger partial charge in [-0.15, -0.1) is 11.3 Å². The van der Waals surface area contributed by atoms with Gasteiger partial charge in [-0.3, -0.25) is 4.98 Å². The fraction of sp³-hybridized carbons (Fsp3) is 0.700. The summed E-state index contributed by atoms with van der Waals surface area (Å²) >= 11 is 3.74. The smallest absolute Gasteiger partial charge is 0.0794 e. The average molecular weight is 228 g/mol. The molecule has 0 aromatic carbocycles. The molecule has 2 unspecified atom stereocenters. The minimum Gasteiger partial charge on any atom is -0.308 e. The van der Waals surface area contributed by atoms with Crippen molar-refractivity contribution in [3.8, 4) is 0 Å². The SMILES string of the molecule is CSC1CCCC1NCc1cncs1. The quantitative estimate of drug-likeness (QED) is 0.857. The Morgan fingerprint density at radius 3 is 3.29 bits per heavy atom. The number of thioether (sulfide) groups is 1. The predicted molar refractivity (Wildman–Crippen MR) is 63.9 cm³/mol. The van der Waals surface area contributed by atoms with Crippen LogP contribution in [0.3, 0.4) is 0 Å². The van der Waals surface area contributed by atoms with E-state index in [1.807, 2.05) is 23.5 Å². The molecule has 1 aliphatic rings. The van der Waals surface area contributed by atoms with Gasteiger partial charge in [0, 0.05) is 28.9 Å². The number of nitrogens with zero attached hydrogens (tertiary/aromatic N) is 1. The third kappa shape index (κ3) is 2.49. The summed E-state index contributed by atoms with van der Waals surface area (Å²) in [6.45, 7) is 0.992. The highest BCUT2D eigenvalue weighted by atomic mass is 32.2. The second-order valence-electron chi connectivity index (χ2n) is 3.66. The molecule has 0 aliphatic heterocycles. The van der Waals surface area contributed by atoms with Gasteiger partial charge in [-0.2, -0.15) is 11.8 Å². The van der Waals surface area contributed by atoms with Gasteiger partial charge in [0.05, 0.1) is 5.51 Å². The van der Waals surface area contributed by atoms with Gasteiger partial charge >= 0.3 is 0 Å². The lowest BCUT2D eigenvalue weighted by Gasteiger charge is -2.18. The molecule has 0 spiro atoms. The van der Waals surface area contributed by atoms with Crippen LogP contribution in [0.2, 0.25) is 0 Å². The van der Waals surface area contributed by atoms with Crippen molar-refractivity contribution in [1.82, 2.24) is 10.3 Å². The van der Waals surface area contributed by atoms with E-state index in [-0.39, 0.29) is 0 Å². The Kier molecular flexibility index (Phi) is 3.84. The molecule has 14 heavy (non-hydrogen) atoms. The zero-order valence-corrected chi connectivity index (χ0v) is 10.0. The summed E-state index contributed by atoms with van der Waals surface area (Å²) in [7, 11) is 0. The second kappa shape index (κ2) is 5.14. The number of aromatic nitrogens is 1. The first-order chi connectivity index (χ1) is 6.90. The first-order valence-electron chi connectivity index (χ1n) is 5.03. The minimum atomic E-state index is 0.715. The van der Waals surface area contributed by atoms with Crippen molar-refractivity contribution in [1.29, 1.82) is 0 Å². The molecule has 1 heterocycles. The molecule has 0 amide bonds. The van der Waals surface area contributed by atoms with E-state index >= 15 is 0 Å². The summed E-state index contributed by atoms with van der Waals surface area (Å²) in [5, 5.41) is 4.46. The Morgan fingerprint density at radius 2 is 2.57 bits per heavy atom. The van der Waals surface area contributed by atoms with Gasteiger partial charge in [-0.1, -0.05) is 6.42 Å². The van der Waals surface area contributed by atoms with E-state index in [0.717, 1.165) is 11.8 Å². The molecule has 1 fully saturated rings. The van der Waals surface area contributed by atoms with Gasteiger partial charge in [0.15, 0.2) is 0 Å². The standard InChI is InChI=1S/C10H16N2S2/c1-13-10-4-2-3-9(10)12-6-8-5-11-7-14-8/h5,7,9-10,12H,2-4,6H2,1H3. The predicted octanol–water partition coefficient (Wildman–Crippen LogP) is 2.52. The van der Waals surface area contributed by atoms with Crippen LogP contribution >= 0.6 is 23.1 Å². The monoisotopic (exact) mass is 228 g/mol. The molecule has 4 heteroatoms. The zero-order chi connectivity index (χ0) is 9.80. The molecular weight excluding hydrogens is 212 g/mol. The third-order valence-electron chi connectivity index (χ3n) is 2.78. The van der Waals surface area contributed by atoms with Gasteiger partial charge in [0.25, 0.3) is 0 Å². The minimum absolute atomic E-state index is 0.715. The van der Waals surface area contributed by atoms with Crippen LogP contribution in [0.4, 0.5) is 0 Å². The highest BCUT2D eigenvalue weighted by Crippen LogP contribution is 2.28. The number of rotatable bonds is 4. The Morgan fingerprint density at radius 1 is 1.64 bits per heavy atom. The summed E-state index contributed by atoms with van der Waals surface area (Å²) in [4.78, 5) is 5.42. The third-order valence-corrected chi connectivity index (χ3v) is 4.73. The largest absolute Gasteiger partial charge is 0.308 e. The number of thiazole rings is 1. The summed E-state index contributed by atoms with van der Waals surface area (Å²) in [6.07, 6.45) is 8.27. The average Bonchev–Trinajstić information content (AvgIpc) is 2.85. The molecule has 0 bridgehead atoms. The highest BCUT2D eigenvalue weighted by molar-refractivity contribution is 7.99. The zero-order valence-electron chi connectivity index (χ0n) is 8.40. The van der Waals surface area contributed by atoms with E-state index in [1.165, 1.54) is 24.1 Å². The molecule has 1 aromatic rings. The maximum absolute atomic E-state index is 4.08. The Bertz CT molecular complexity index is 261. The van der Waals surface area contributed by atoms with Gasteiger partial charge in [-0.25, -0.2) is 0 Å². The highest BCUT2D eigenvalue weighted by Gasteiger charge is 2.25. The van der Waals surface area contributed by atoms with E-state index in [2.05, 4.69) is 16.6 Å². The van der Waals surface area contributed by atoms with E-state index in [4.69, 9.17) is 0 Å². The van der Waals surface area contributed by atoms with Crippen molar-refractivity contribution in [2.75, 3.05) is 6.26 Å². The van der Waals surface area contributed by atoms with Gasteiger partial charge in [0.1, 0.15) is 0 Å². The van der Waals surface area contributed by atoms with Crippen LogP contribution in [0, 0.1) is 0 Å². The van der Waals surface area contributed by atoms with Crippen LogP contribution in [0.25, 0.3) is 0 Å². The molecule has 2 rings (SSSR count). The Balaban J connectivity index is 1.80. The van der Waals surface area contributed by atoms with Crippen LogP contribution in [-0.4, -0.2) is 22.5 Å². The number of hydrogen-bond acceptors (Lipinski definition) is 4. The summed E-state index contributed by atoms with van der Waals surface area (Å²) in [5.41, 5.74) is 1.90. The van der Waals surface area contributed by atoms with Crippen molar-refractivity contribution >= 4 is 23.1 Å². The van der Waals surface area contributed by atoms with E-state index < -0.39 is 0 Å². The van der Waals surface area contributed by atoms with E-state index in [9.17, 15) is 0 Å². The van der Waals surface area contributed by atoms with Crippen molar-refractivity contribution in [3.63, 3.8) is 0 Å². The lowest BCUT2D eigenvalue weighted by atomic mass is 10.2. The first-order valence-corrected chi connectivity index (χ1v) is 7.20. The lowest BCUT2D eigenvalue weighted by molar-refractivity contribution is 0.535. The van der Waals surface area contributed by atoms with Crippen LogP contribution in [0.5, 0.6) is 0 Å². The van der Waals surface area contributed by atoms with Crippen LogP contribution < -0.4 is 5.32 Å².